The monoisotopic (exact) mass is 202 g/mol. The summed E-state index contributed by atoms with van der Waals surface area (Å²) in [4.78, 5) is 0. The molecule has 0 aliphatic carbocycles. The molecule has 0 amide bonds. The van der Waals surface area contributed by atoms with Gasteiger partial charge in [0.05, 0.1) is 11.6 Å². The van der Waals surface area contributed by atoms with Crippen molar-refractivity contribution >= 4 is 34.8 Å². The summed E-state index contributed by atoms with van der Waals surface area (Å²) >= 11 is 16.4. The molecule has 0 radical (unpaired) electrons. The lowest BCUT2D eigenvalue weighted by molar-refractivity contribution is 0.247. The molecule has 0 aromatic heterocycles. The number of aliphatic hydroxyl groups excluding tert-OH is 1. The molecule has 0 aromatic rings. The van der Waals surface area contributed by atoms with Gasteiger partial charge in [-0.2, -0.15) is 0 Å². The van der Waals surface area contributed by atoms with Crippen LogP contribution >= 0.6 is 34.8 Å². The predicted octanol–water partition coefficient (Wildman–Crippen LogP) is 2.89. The van der Waals surface area contributed by atoms with Gasteiger partial charge >= 0.3 is 0 Å². The van der Waals surface area contributed by atoms with Crippen LogP contribution in [-0.2, 0) is 0 Å². The van der Waals surface area contributed by atoms with Gasteiger partial charge in [0.2, 0.25) is 0 Å². The fourth-order valence-corrected chi connectivity index (χ4v) is 1.07. The normalized spacial score (nSPS) is 12.9. The summed E-state index contributed by atoms with van der Waals surface area (Å²) in [6.45, 7) is 1.89. The molecule has 1 nitrogen and oxygen atoms in total. The zero-order valence-corrected chi connectivity index (χ0v) is 7.84. The van der Waals surface area contributed by atoms with E-state index in [0.717, 1.165) is 6.42 Å². The van der Waals surface area contributed by atoms with Gasteiger partial charge in [0.25, 0.3) is 0 Å². The molecule has 1 N–H and O–H groups in total. The van der Waals surface area contributed by atoms with Gasteiger partial charge in [-0.05, 0) is 6.42 Å². The first-order valence-corrected chi connectivity index (χ1v) is 4.08. The molecule has 0 saturated carbocycles. The van der Waals surface area contributed by atoms with Gasteiger partial charge in [0, 0.05) is 5.92 Å². The van der Waals surface area contributed by atoms with Crippen molar-refractivity contribution in [1.82, 2.24) is 0 Å². The van der Waals surface area contributed by atoms with Crippen LogP contribution in [0.5, 0.6) is 0 Å². The molecule has 0 bridgehead atoms. The van der Waals surface area contributed by atoms with Crippen LogP contribution in [0.2, 0.25) is 0 Å². The topological polar surface area (TPSA) is 20.2 Å². The van der Waals surface area contributed by atoms with Crippen molar-refractivity contribution in [2.24, 2.45) is 5.92 Å². The highest BCUT2D eigenvalue weighted by atomic mass is 35.5. The first-order chi connectivity index (χ1) is 4.63. The summed E-state index contributed by atoms with van der Waals surface area (Å²) in [6.07, 6.45) is 0.734. The van der Waals surface area contributed by atoms with Crippen molar-refractivity contribution in [2.45, 2.75) is 13.3 Å². The Morgan fingerprint density at radius 1 is 1.40 bits per heavy atom. The Labute approximate surface area is 75.6 Å². The summed E-state index contributed by atoms with van der Waals surface area (Å²) in [6, 6.07) is 0. The second-order valence-electron chi connectivity index (χ2n) is 1.90. The lowest BCUT2D eigenvalue weighted by atomic mass is 10.1. The standard InChI is InChI=1S/C6H9Cl3O/c1-2-4(3-10)5(7)6(8)9/h4,10H,2-3H2,1H3. The first-order valence-electron chi connectivity index (χ1n) is 2.95. The van der Waals surface area contributed by atoms with Crippen LogP contribution in [0.3, 0.4) is 0 Å². The highest BCUT2D eigenvalue weighted by Gasteiger charge is 2.11. The fourth-order valence-electron chi connectivity index (χ4n) is 0.543. The van der Waals surface area contributed by atoms with Crippen LogP contribution in [-0.4, -0.2) is 11.7 Å². The predicted molar refractivity (Wildman–Crippen MR) is 45.5 cm³/mol. The quantitative estimate of drug-likeness (QED) is 0.748. The zero-order chi connectivity index (χ0) is 8.15. The van der Waals surface area contributed by atoms with E-state index in [1.807, 2.05) is 6.92 Å². The number of aliphatic hydroxyl groups is 1. The zero-order valence-electron chi connectivity index (χ0n) is 5.57. The summed E-state index contributed by atoms with van der Waals surface area (Å²) in [5.74, 6) is -0.119. The summed E-state index contributed by atoms with van der Waals surface area (Å²) in [5, 5.41) is 9.05. The molecule has 0 rings (SSSR count). The summed E-state index contributed by atoms with van der Waals surface area (Å²) in [5.41, 5.74) is 0. The fraction of sp³-hybridized carbons (Fsp3) is 0.667. The van der Waals surface area contributed by atoms with Gasteiger partial charge < -0.3 is 5.11 Å². The van der Waals surface area contributed by atoms with E-state index in [-0.39, 0.29) is 17.0 Å². The molecule has 60 valence electrons. The lowest BCUT2D eigenvalue weighted by Crippen LogP contribution is -2.04. The smallest absolute Gasteiger partial charge is 0.121 e. The van der Waals surface area contributed by atoms with Crippen molar-refractivity contribution < 1.29 is 5.11 Å². The molecule has 0 saturated heterocycles. The summed E-state index contributed by atoms with van der Waals surface area (Å²) in [7, 11) is 0. The Balaban J connectivity index is 4.15. The van der Waals surface area contributed by atoms with Crippen LogP contribution in [0.15, 0.2) is 9.52 Å². The number of rotatable bonds is 3. The Bertz CT molecular complexity index is 125. The molecule has 4 heteroatoms. The van der Waals surface area contributed by atoms with Crippen molar-refractivity contribution in [3.8, 4) is 0 Å². The first kappa shape index (κ1) is 10.6. The maximum Gasteiger partial charge on any atom is 0.121 e. The Morgan fingerprint density at radius 3 is 2.00 bits per heavy atom. The van der Waals surface area contributed by atoms with E-state index in [1.54, 1.807) is 0 Å². The van der Waals surface area contributed by atoms with E-state index in [2.05, 4.69) is 0 Å². The van der Waals surface area contributed by atoms with Crippen LogP contribution < -0.4 is 0 Å². The van der Waals surface area contributed by atoms with Gasteiger partial charge in [-0.25, -0.2) is 0 Å². The highest BCUT2D eigenvalue weighted by molar-refractivity contribution is 6.59. The van der Waals surface area contributed by atoms with E-state index < -0.39 is 0 Å². The minimum Gasteiger partial charge on any atom is -0.396 e. The minimum atomic E-state index is -0.119. The van der Waals surface area contributed by atoms with Crippen LogP contribution in [0.4, 0.5) is 0 Å². The Hall–Kier alpha value is 0.570. The highest BCUT2D eigenvalue weighted by Crippen LogP contribution is 2.26. The minimum absolute atomic E-state index is 0.0156. The second kappa shape index (κ2) is 5.25. The van der Waals surface area contributed by atoms with Gasteiger partial charge in [0.15, 0.2) is 0 Å². The van der Waals surface area contributed by atoms with Crippen LogP contribution in [0, 0.1) is 5.92 Å². The molecule has 0 aromatic carbocycles. The maximum atomic E-state index is 8.71. The van der Waals surface area contributed by atoms with Crippen molar-refractivity contribution in [1.29, 1.82) is 0 Å². The van der Waals surface area contributed by atoms with E-state index >= 15 is 0 Å². The van der Waals surface area contributed by atoms with E-state index in [0.29, 0.717) is 5.03 Å². The molecule has 0 heterocycles. The third-order valence-corrected chi connectivity index (χ3v) is 2.35. The average molecular weight is 203 g/mol. The van der Waals surface area contributed by atoms with Gasteiger partial charge in [-0.1, -0.05) is 41.7 Å². The molecule has 0 aliphatic rings. The average Bonchev–Trinajstić information content (AvgIpc) is 1.90. The van der Waals surface area contributed by atoms with E-state index in [9.17, 15) is 0 Å². The number of hydrogen-bond donors (Lipinski definition) is 1. The van der Waals surface area contributed by atoms with Gasteiger partial charge in [-0.15, -0.1) is 0 Å². The maximum absolute atomic E-state index is 8.71. The second-order valence-corrected chi connectivity index (χ2v) is 3.25. The third-order valence-electron chi connectivity index (χ3n) is 1.25. The van der Waals surface area contributed by atoms with Crippen LogP contribution in [0.1, 0.15) is 13.3 Å². The van der Waals surface area contributed by atoms with Gasteiger partial charge in [0.1, 0.15) is 4.49 Å². The molecule has 1 unspecified atom stereocenters. The molecule has 0 fully saturated rings. The molecule has 1 atom stereocenters. The van der Waals surface area contributed by atoms with Crippen LogP contribution in [0.25, 0.3) is 0 Å². The molecular weight excluding hydrogens is 194 g/mol. The largest absolute Gasteiger partial charge is 0.396 e. The van der Waals surface area contributed by atoms with Crippen molar-refractivity contribution in [3.05, 3.63) is 9.52 Å². The molecule has 0 spiro atoms. The summed E-state index contributed by atoms with van der Waals surface area (Å²) < 4.78 is 0.0440. The van der Waals surface area contributed by atoms with E-state index in [1.165, 1.54) is 0 Å². The molecule has 0 aliphatic heterocycles. The van der Waals surface area contributed by atoms with Gasteiger partial charge in [-0.3, -0.25) is 0 Å². The van der Waals surface area contributed by atoms with Crippen molar-refractivity contribution in [2.75, 3.05) is 6.61 Å². The molecular formula is C6H9Cl3O. The molecule has 10 heavy (non-hydrogen) atoms. The Morgan fingerprint density at radius 2 is 1.90 bits per heavy atom. The number of halogens is 3. The van der Waals surface area contributed by atoms with Crippen molar-refractivity contribution in [3.63, 3.8) is 0 Å². The number of hydrogen-bond acceptors (Lipinski definition) is 1. The van der Waals surface area contributed by atoms with E-state index in [4.69, 9.17) is 39.9 Å². The Kier molecular flexibility index (Phi) is 5.55. The lowest BCUT2D eigenvalue weighted by Gasteiger charge is -2.09. The SMILES string of the molecule is CCC(CO)C(Cl)=C(Cl)Cl. The third kappa shape index (κ3) is 3.11.